The van der Waals surface area contributed by atoms with Gasteiger partial charge in [0.1, 0.15) is 18.6 Å². The number of hydrogen-bond donors (Lipinski definition) is 2. The molecule has 3 heterocycles. The molecule has 1 unspecified atom stereocenters. The molecule has 0 bridgehead atoms. The monoisotopic (exact) mass is 682 g/mol. The Labute approximate surface area is 289 Å². The number of hydrogen-bond acceptors (Lipinski definition) is 11. The number of carbonyl (C=O) groups excluding carboxylic acids is 3. The van der Waals surface area contributed by atoms with Gasteiger partial charge in [0.15, 0.2) is 12.1 Å². The van der Waals surface area contributed by atoms with Crippen LogP contribution in [0.5, 0.6) is 0 Å². The number of esters is 1. The zero-order chi connectivity index (χ0) is 35.9. The predicted octanol–water partition coefficient (Wildman–Crippen LogP) is 2.41. The molecule has 10 atom stereocenters. The maximum Gasteiger partial charge on any atom is 0.316 e. The molecule has 3 saturated heterocycles. The van der Waals surface area contributed by atoms with Gasteiger partial charge in [0, 0.05) is 44.7 Å². The van der Waals surface area contributed by atoms with Gasteiger partial charge in [-0.2, -0.15) is 0 Å². The smallest absolute Gasteiger partial charge is 0.316 e. The van der Waals surface area contributed by atoms with Crippen LogP contribution in [0.3, 0.4) is 0 Å². The van der Waals surface area contributed by atoms with E-state index in [2.05, 4.69) is 38.0 Å². The van der Waals surface area contributed by atoms with Crippen molar-refractivity contribution in [1.29, 1.82) is 0 Å². The fourth-order valence-corrected chi connectivity index (χ4v) is 7.98. The average Bonchev–Trinajstić information content (AvgIpc) is 3.03. The molecule has 0 aliphatic carbocycles. The van der Waals surface area contributed by atoms with Crippen molar-refractivity contribution in [3.05, 3.63) is 0 Å². The summed E-state index contributed by atoms with van der Waals surface area (Å²) in [6.45, 7) is 17.0. The Morgan fingerprint density at radius 1 is 1.15 bits per heavy atom. The molecule has 278 valence electrons. The summed E-state index contributed by atoms with van der Waals surface area (Å²) in [7, 11) is 7.52. The number of likely N-dealkylation sites (tertiary alicyclic amines) is 1. The highest BCUT2D eigenvalue weighted by Crippen LogP contribution is 2.37. The lowest BCUT2D eigenvalue weighted by Crippen LogP contribution is -2.59. The normalized spacial score (nSPS) is 37.2. The van der Waals surface area contributed by atoms with E-state index < -0.39 is 41.9 Å². The maximum absolute atomic E-state index is 14.0. The molecule has 0 spiro atoms. The zero-order valence-electron chi connectivity index (χ0n) is 31.6. The van der Waals surface area contributed by atoms with Crippen LogP contribution in [0.4, 0.5) is 0 Å². The van der Waals surface area contributed by atoms with Crippen molar-refractivity contribution in [3.63, 3.8) is 0 Å². The van der Waals surface area contributed by atoms with E-state index in [1.165, 1.54) is 0 Å². The van der Waals surface area contributed by atoms with Gasteiger partial charge in [-0.3, -0.25) is 19.3 Å². The summed E-state index contributed by atoms with van der Waals surface area (Å²) in [5.74, 6) is -1.69. The van der Waals surface area contributed by atoms with Crippen molar-refractivity contribution < 1.29 is 38.4 Å². The van der Waals surface area contributed by atoms with Crippen LogP contribution in [0.15, 0.2) is 0 Å². The van der Waals surface area contributed by atoms with Crippen LogP contribution in [0.2, 0.25) is 0 Å². The third kappa shape index (κ3) is 10.4. The molecule has 12 heteroatoms. The number of aliphatic hydroxyl groups excluding tert-OH is 1. The van der Waals surface area contributed by atoms with E-state index in [-0.39, 0.29) is 48.3 Å². The molecule has 3 rings (SSSR count). The van der Waals surface area contributed by atoms with Gasteiger partial charge in [-0.05, 0) is 91.9 Å². The number of amides is 1. The Bertz CT molecular complexity index is 1050. The van der Waals surface area contributed by atoms with E-state index in [1.807, 2.05) is 37.7 Å². The van der Waals surface area contributed by atoms with E-state index in [0.717, 1.165) is 19.4 Å². The number of nitrogens with zero attached hydrogens (tertiary/aromatic N) is 3. The van der Waals surface area contributed by atoms with Gasteiger partial charge in [-0.25, -0.2) is 0 Å². The summed E-state index contributed by atoms with van der Waals surface area (Å²) in [5, 5.41) is 14.6. The minimum Gasteiger partial charge on any atom is -0.463 e. The number of rotatable bonds is 9. The minimum atomic E-state index is -1.01. The fourth-order valence-electron chi connectivity index (χ4n) is 7.98. The number of likely N-dealkylation sites (N-methyl/N-ethyl adjacent to an activating group) is 2. The van der Waals surface area contributed by atoms with Crippen LogP contribution in [0.1, 0.15) is 74.1 Å². The van der Waals surface area contributed by atoms with E-state index in [1.54, 1.807) is 21.0 Å². The number of methoxy groups -OCH3 is 1. The Kier molecular flexibility index (Phi) is 15.3. The van der Waals surface area contributed by atoms with Gasteiger partial charge in [-0.1, -0.05) is 27.7 Å². The average molecular weight is 683 g/mol. The van der Waals surface area contributed by atoms with E-state index in [0.29, 0.717) is 44.9 Å². The molecule has 0 radical (unpaired) electrons. The summed E-state index contributed by atoms with van der Waals surface area (Å²) >= 11 is 0. The molecule has 48 heavy (non-hydrogen) atoms. The Morgan fingerprint density at radius 3 is 2.38 bits per heavy atom. The number of piperidine rings is 1. The number of ketones is 1. The first-order chi connectivity index (χ1) is 22.5. The number of nitrogens with one attached hydrogen (secondary N) is 1. The second kappa shape index (κ2) is 18.0. The van der Waals surface area contributed by atoms with Crippen LogP contribution in [-0.2, 0) is 33.3 Å². The second-order valence-corrected chi connectivity index (χ2v) is 15.7. The summed E-state index contributed by atoms with van der Waals surface area (Å²) in [4.78, 5) is 46.4. The van der Waals surface area contributed by atoms with Gasteiger partial charge in [0.2, 0.25) is 5.91 Å². The molecule has 0 aromatic heterocycles. The van der Waals surface area contributed by atoms with E-state index in [4.69, 9.17) is 18.9 Å². The van der Waals surface area contributed by atoms with E-state index >= 15 is 0 Å². The highest BCUT2D eigenvalue weighted by atomic mass is 16.7. The first-order valence-electron chi connectivity index (χ1n) is 18.1. The van der Waals surface area contributed by atoms with Gasteiger partial charge in [-0.15, -0.1) is 0 Å². The van der Waals surface area contributed by atoms with E-state index in [9.17, 15) is 19.5 Å². The second-order valence-electron chi connectivity index (χ2n) is 15.7. The SMILES string of the molecule is CO[C@]1(C)C[C@@H](C)CN(C)[C@H](C2CCN(C(=O)CNCC(C)C)CC2)COC(=O)C(C)C(=O)[C@H](C)[C@H]1O[C@@H]1O[C@H](C)C[C@H](N(C)C)[C@H]1O. The zero-order valence-corrected chi connectivity index (χ0v) is 31.6. The summed E-state index contributed by atoms with van der Waals surface area (Å²) in [6, 6.07) is -0.248. The van der Waals surface area contributed by atoms with Crippen molar-refractivity contribution in [1.82, 2.24) is 20.0 Å². The lowest BCUT2D eigenvalue weighted by molar-refractivity contribution is -0.295. The molecule has 12 nitrogen and oxygen atoms in total. The van der Waals surface area contributed by atoms with Crippen molar-refractivity contribution >= 4 is 17.7 Å². The van der Waals surface area contributed by atoms with Crippen LogP contribution < -0.4 is 5.32 Å². The molecule has 0 aromatic carbocycles. The standard InChI is InChI=1S/C36H66N4O8/c1-22(2)18-37-19-30(41)40-14-12-27(13-15-40)29-21-46-34(44)26(6)31(42)25(5)33(36(7,45-11)17-23(3)20-39(29)10)48-35-32(43)28(38(8)9)16-24(4)47-35/h22-29,32-33,35,37,43H,12-21H2,1-11H3/t23-,24-,25+,26?,28+,29+,32-,33-,35+,36-/m1/s1. The number of cyclic esters (lactones) is 1. The largest absolute Gasteiger partial charge is 0.463 e. The minimum absolute atomic E-state index is 0.0655. The predicted molar refractivity (Wildman–Crippen MR) is 184 cm³/mol. The lowest BCUT2D eigenvalue weighted by Gasteiger charge is -2.47. The summed E-state index contributed by atoms with van der Waals surface area (Å²) in [5.41, 5.74) is -0.935. The van der Waals surface area contributed by atoms with Crippen molar-refractivity contribution in [3.8, 4) is 0 Å². The Morgan fingerprint density at radius 2 is 1.79 bits per heavy atom. The number of Topliss-reactive ketones (excluding diaryl/α,β-unsaturated/α-hetero) is 1. The molecule has 0 saturated carbocycles. The van der Waals surface area contributed by atoms with Crippen molar-refractivity contribution in [2.45, 2.75) is 116 Å². The molecule has 3 aliphatic heterocycles. The maximum atomic E-state index is 14.0. The van der Waals surface area contributed by atoms with Gasteiger partial charge >= 0.3 is 5.97 Å². The number of aliphatic hydroxyl groups is 1. The fraction of sp³-hybridized carbons (Fsp3) is 0.917. The quantitative estimate of drug-likeness (QED) is 0.275. The molecule has 2 N–H and O–H groups in total. The highest BCUT2D eigenvalue weighted by molar-refractivity contribution is 6.00. The molecule has 3 fully saturated rings. The summed E-state index contributed by atoms with van der Waals surface area (Å²) < 4.78 is 24.9. The van der Waals surface area contributed by atoms with Gasteiger partial charge < -0.3 is 39.2 Å². The molecule has 1 amide bonds. The topological polar surface area (TPSA) is 130 Å². The first-order valence-corrected chi connectivity index (χ1v) is 18.1. The number of carbonyl (C=O) groups is 3. The first kappa shape index (κ1) is 40.8. The molecular formula is C36H66N4O8. The van der Waals surface area contributed by atoms with Crippen molar-refractivity contribution in [2.24, 2.45) is 29.6 Å². The molecule has 3 aliphatic rings. The van der Waals surface area contributed by atoms with Gasteiger partial charge in [0.05, 0.1) is 24.4 Å². The number of ether oxygens (including phenoxy) is 4. The van der Waals surface area contributed by atoms with Crippen LogP contribution in [-0.4, -0.2) is 147 Å². The Hall–Kier alpha value is -1.67. The lowest BCUT2D eigenvalue weighted by atomic mass is 9.78. The third-order valence-corrected chi connectivity index (χ3v) is 10.9. The van der Waals surface area contributed by atoms with Crippen LogP contribution in [0.25, 0.3) is 0 Å². The molecule has 0 aromatic rings. The van der Waals surface area contributed by atoms with Crippen molar-refractivity contribution in [2.75, 3.05) is 67.6 Å². The Balaban J connectivity index is 1.82. The van der Waals surface area contributed by atoms with Crippen LogP contribution in [0, 0.1) is 29.6 Å². The molecular weight excluding hydrogens is 616 g/mol. The van der Waals surface area contributed by atoms with Gasteiger partial charge in [0.25, 0.3) is 0 Å². The summed E-state index contributed by atoms with van der Waals surface area (Å²) in [6.07, 6.45) is -0.0441. The van der Waals surface area contributed by atoms with Crippen LogP contribution >= 0.6 is 0 Å². The highest BCUT2D eigenvalue weighted by Gasteiger charge is 2.49. The third-order valence-electron chi connectivity index (χ3n) is 10.9.